The van der Waals surface area contributed by atoms with Crippen molar-refractivity contribution < 1.29 is 0 Å². The highest BCUT2D eigenvalue weighted by Gasteiger charge is 2.18. The molecule has 18 heavy (non-hydrogen) atoms. The molecule has 2 aromatic rings. The molecule has 0 aliphatic rings. The Labute approximate surface area is 112 Å². The Balaban J connectivity index is 2.39. The zero-order chi connectivity index (χ0) is 13.1. The Morgan fingerprint density at radius 2 is 2.06 bits per heavy atom. The quantitative estimate of drug-likeness (QED) is 0.918. The number of aryl methyl sites for hydroxylation is 3. The fourth-order valence-corrected chi connectivity index (χ4v) is 3.06. The molecule has 0 spiro atoms. The molecule has 4 heteroatoms. The highest BCUT2D eigenvalue weighted by atomic mass is 32.1. The minimum absolute atomic E-state index is 0.203. The molecule has 1 N–H and O–H groups in total. The van der Waals surface area contributed by atoms with Crippen LogP contribution in [-0.2, 0) is 0 Å². The number of nitrogens with one attached hydrogen (secondary N) is 1. The molecule has 0 fully saturated rings. The lowest BCUT2D eigenvalue weighted by atomic mass is 10.1. The second-order valence-electron chi connectivity index (χ2n) is 4.41. The van der Waals surface area contributed by atoms with Gasteiger partial charge in [-0.25, -0.2) is 4.98 Å². The summed E-state index contributed by atoms with van der Waals surface area (Å²) >= 11 is 1.76. The topological polar surface area (TPSA) is 37.8 Å². The standard InChI is InChI=1S/C14H19N3S/c1-5-15-13(12-7-6-9(2)16-8-12)14-10(3)17-11(4)18-14/h6-8,13,15H,5H2,1-4H3. The van der Waals surface area contributed by atoms with Crippen molar-refractivity contribution in [3.8, 4) is 0 Å². The summed E-state index contributed by atoms with van der Waals surface area (Å²) in [5.74, 6) is 0. The number of pyridine rings is 1. The molecule has 1 unspecified atom stereocenters. The maximum Gasteiger partial charge on any atom is 0.0900 e. The van der Waals surface area contributed by atoms with Gasteiger partial charge in [-0.3, -0.25) is 4.98 Å². The highest BCUT2D eigenvalue weighted by Crippen LogP contribution is 2.29. The van der Waals surface area contributed by atoms with Gasteiger partial charge in [0.25, 0.3) is 0 Å². The van der Waals surface area contributed by atoms with Gasteiger partial charge >= 0.3 is 0 Å². The molecular weight excluding hydrogens is 242 g/mol. The summed E-state index contributed by atoms with van der Waals surface area (Å²) in [6, 6.07) is 4.40. The Bertz CT molecular complexity index is 516. The fraction of sp³-hybridized carbons (Fsp3) is 0.429. The first-order chi connectivity index (χ1) is 8.61. The average Bonchev–Trinajstić information content (AvgIpc) is 2.67. The molecule has 0 amide bonds. The van der Waals surface area contributed by atoms with Crippen molar-refractivity contribution in [2.24, 2.45) is 0 Å². The van der Waals surface area contributed by atoms with Crippen molar-refractivity contribution in [2.75, 3.05) is 6.54 Å². The third-order valence-electron chi connectivity index (χ3n) is 2.88. The minimum Gasteiger partial charge on any atom is -0.306 e. The van der Waals surface area contributed by atoms with Gasteiger partial charge in [0.05, 0.1) is 16.7 Å². The van der Waals surface area contributed by atoms with Crippen LogP contribution in [0.2, 0.25) is 0 Å². The first kappa shape index (κ1) is 13.2. The molecule has 96 valence electrons. The Morgan fingerprint density at radius 3 is 2.56 bits per heavy atom. The lowest BCUT2D eigenvalue weighted by molar-refractivity contribution is 0.633. The molecule has 0 aliphatic carbocycles. The summed E-state index contributed by atoms with van der Waals surface area (Å²) in [6.07, 6.45) is 1.96. The van der Waals surface area contributed by atoms with Crippen LogP contribution in [0.3, 0.4) is 0 Å². The van der Waals surface area contributed by atoms with Crippen LogP contribution in [0, 0.1) is 20.8 Å². The molecule has 2 heterocycles. The van der Waals surface area contributed by atoms with Crippen LogP contribution >= 0.6 is 11.3 Å². The van der Waals surface area contributed by atoms with Gasteiger partial charge in [0.1, 0.15) is 0 Å². The van der Waals surface area contributed by atoms with Crippen LogP contribution in [0.4, 0.5) is 0 Å². The van der Waals surface area contributed by atoms with E-state index in [9.17, 15) is 0 Å². The summed E-state index contributed by atoms with van der Waals surface area (Å²) < 4.78 is 0. The number of nitrogens with zero attached hydrogens (tertiary/aromatic N) is 2. The van der Waals surface area contributed by atoms with E-state index >= 15 is 0 Å². The minimum atomic E-state index is 0.203. The van der Waals surface area contributed by atoms with Crippen LogP contribution in [0.5, 0.6) is 0 Å². The predicted octanol–water partition coefficient (Wildman–Crippen LogP) is 3.16. The third kappa shape index (κ3) is 2.76. The maximum absolute atomic E-state index is 4.52. The largest absolute Gasteiger partial charge is 0.306 e. The zero-order valence-corrected chi connectivity index (χ0v) is 12.1. The fourth-order valence-electron chi connectivity index (χ4n) is 2.03. The van der Waals surface area contributed by atoms with E-state index in [1.165, 1.54) is 10.4 Å². The molecule has 1 atom stereocenters. The molecular formula is C14H19N3S. The highest BCUT2D eigenvalue weighted by molar-refractivity contribution is 7.11. The SMILES string of the molecule is CCNC(c1ccc(C)nc1)c1sc(C)nc1C. The molecule has 0 saturated heterocycles. The number of hydrogen-bond donors (Lipinski definition) is 1. The molecule has 0 aliphatic heterocycles. The molecule has 0 bridgehead atoms. The van der Waals surface area contributed by atoms with Gasteiger partial charge in [-0.2, -0.15) is 0 Å². The van der Waals surface area contributed by atoms with E-state index in [1.54, 1.807) is 11.3 Å². The summed E-state index contributed by atoms with van der Waals surface area (Å²) in [4.78, 5) is 10.2. The van der Waals surface area contributed by atoms with Crippen molar-refractivity contribution in [1.82, 2.24) is 15.3 Å². The second-order valence-corrected chi connectivity index (χ2v) is 5.64. The van der Waals surface area contributed by atoms with Gasteiger partial charge in [0.2, 0.25) is 0 Å². The number of hydrogen-bond acceptors (Lipinski definition) is 4. The van der Waals surface area contributed by atoms with Gasteiger partial charge in [-0.05, 0) is 38.9 Å². The second kappa shape index (κ2) is 5.59. The summed E-state index contributed by atoms with van der Waals surface area (Å²) in [5, 5.41) is 4.64. The van der Waals surface area contributed by atoms with E-state index in [1.807, 2.05) is 13.1 Å². The van der Waals surface area contributed by atoms with Crippen molar-refractivity contribution in [3.05, 3.63) is 45.2 Å². The van der Waals surface area contributed by atoms with Crippen LogP contribution in [0.15, 0.2) is 18.3 Å². The normalized spacial score (nSPS) is 12.7. The Hall–Kier alpha value is -1.26. The summed E-state index contributed by atoms with van der Waals surface area (Å²) in [5.41, 5.74) is 3.37. The lowest BCUT2D eigenvalue weighted by Gasteiger charge is -2.17. The van der Waals surface area contributed by atoms with Crippen molar-refractivity contribution in [2.45, 2.75) is 33.7 Å². The smallest absolute Gasteiger partial charge is 0.0900 e. The molecule has 0 radical (unpaired) electrons. The third-order valence-corrected chi connectivity index (χ3v) is 4.02. The van der Waals surface area contributed by atoms with Gasteiger partial charge in [0, 0.05) is 16.8 Å². The summed E-state index contributed by atoms with van der Waals surface area (Å²) in [7, 11) is 0. The van der Waals surface area contributed by atoms with Gasteiger partial charge < -0.3 is 5.32 Å². The first-order valence-electron chi connectivity index (χ1n) is 6.21. The number of aromatic nitrogens is 2. The summed E-state index contributed by atoms with van der Waals surface area (Å²) in [6.45, 7) is 9.18. The molecule has 2 rings (SSSR count). The molecule has 0 aromatic carbocycles. The van der Waals surface area contributed by atoms with Crippen molar-refractivity contribution >= 4 is 11.3 Å². The van der Waals surface area contributed by atoms with E-state index in [0.717, 1.165) is 22.9 Å². The first-order valence-corrected chi connectivity index (χ1v) is 7.03. The van der Waals surface area contributed by atoms with Crippen LogP contribution in [-0.4, -0.2) is 16.5 Å². The Morgan fingerprint density at radius 1 is 1.28 bits per heavy atom. The molecule has 0 saturated carbocycles. The monoisotopic (exact) mass is 261 g/mol. The van der Waals surface area contributed by atoms with E-state index in [-0.39, 0.29) is 6.04 Å². The van der Waals surface area contributed by atoms with Crippen molar-refractivity contribution in [1.29, 1.82) is 0 Å². The van der Waals surface area contributed by atoms with Crippen LogP contribution < -0.4 is 5.32 Å². The van der Waals surface area contributed by atoms with Gasteiger partial charge in [-0.1, -0.05) is 13.0 Å². The predicted molar refractivity (Wildman–Crippen MR) is 76.1 cm³/mol. The van der Waals surface area contributed by atoms with E-state index in [2.05, 4.69) is 48.2 Å². The van der Waals surface area contributed by atoms with E-state index in [4.69, 9.17) is 0 Å². The molecule has 3 nitrogen and oxygen atoms in total. The number of thiazole rings is 1. The van der Waals surface area contributed by atoms with E-state index in [0.29, 0.717) is 0 Å². The van der Waals surface area contributed by atoms with Gasteiger partial charge in [0.15, 0.2) is 0 Å². The van der Waals surface area contributed by atoms with Gasteiger partial charge in [-0.15, -0.1) is 11.3 Å². The zero-order valence-electron chi connectivity index (χ0n) is 11.3. The number of rotatable bonds is 4. The average molecular weight is 261 g/mol. The maximum atomic E-state index is 4.52. The lowest BCUT2D eigenvalue weighted by Crippen LogP contribution is -2.22. The molecule has 2 aromatic heterocycles. The van der Waals surface area contributed by atoms with Crippen LogP contribution in [0.25, 0.3) is 0 Å². The van der Waals surface area contributed by atoms with E-state index < -0.39 is 0 Å². The van der Waals surface area contributed by atoms with Crippen LogP contribution in [0.1, 0.15) is 39.8 Å². The van der Waals surface area contributed by atoms with Crippen molar-refractivity contribution in [3.63, 3.8) is 0 Å². The Kier molecular flexibility index (Phi) is 4.09.